The van der Waals surface area contributed by atoms with Gasteiger partial charge in [-0.25, -0.2) is 4.98 Å². The topological polar surface area (TPSA) is 59.1 Å². The molecule has 0 aliphatic carbocycles. The highest BCUT2D eigenvalue weighted by Crippen LogP contribution is 2.25. The second kappa shape index (κ2) is 7.64. The lowest BCUT2D eigenvalue weighted by atomic mass is 10.0. The van der Waals surface area contributed by atoms with Crippen molar-refractivity contribution in [1.82, 2.24) is 4.98 Å². The van der Waals surface area contributed by atoms with Crippen molar-refractivity contribution in [2.24, 2.45) is 5.73 Å². The highest BCUT2D eigenvalue weighted by molar-refractivity contribution is 7.99. The van der Waals surface area contributed by atoms with Gasteiger partial charge in [0.25, 0.3) is 0 Å². The summed E-state index contributed by atoms with van der Waals surface area (Å²) in [5, 5.41) is 11.4. The van der Waals surface area contributed by atoms with E-state index in [1.165, 1.54) is 11.8 Å². The number of nitrogens with two attached hydrogens (primary N) is 1. The lowest BCUT2D eigenvalue weighted by Gasteiger charge is -2.18. The number of nitrogens with zero attached hydrogens (tertiary/aromatic N) is 1. The summed E-state index contributed by atoms with van der Waals surface area (Å²) in [6, 6.07) is 13.2. The molecule has 106 valence electrons. The fourth-order valence-electron chi connectivity index (χ4n) is 1.79. The van der Waals surface area contributed by atoms with E-state index in [1.54, 1.807) is 18.3 Å². The Morgan fingerprint density at radius 1 is 1.20 bits per heavy atom. The van der Waals surface area contributed by atoms with Gasteiger partial charge in [0.05, 0.1) is 11.1 Å². The number of pyridine rings is 1. The van der Waals surface area contributed by atoms with E-state index in [1.807, 2.05) is 30.3 Å². The number of hydrogen-bond donors (Lipinski definition) is 2. The van der Waals surface area contributed by atoms with Gasteiger partial charge in [0.1, 0.15) is 5.03 Å². The molecule has 0 spiro atoms. The minimum Gasteiger partial charge on any atom is -0.391 e. The molecule has 1 aromatic carbocycles. The average molecular weight is 309 g/mol. The smallest absolute Gasteiger partial charge is 0.115 e. The molecule has 2 unspecified atom stereocenters. The fraction of sp³-hybridized carbons (Fsp3) is 0.267. The molecule has 0 amide bonds. The van der Waals surface area contributed by atoms with Gasteiger partial charge >= 0.3 is 0 Å². The predicted octanol–water partition coefficient (Wildman–Crippen LogP) is 2.76. The summed E-state index contributed by atoms with van der Waals surface area (Å²) in [6.07, 6.45) is 1.74. The van der Waals surface area contributed by atoms with Gasteiger partial charge in [-0.2, -0.15) is 0 Å². The number of aliphatic hydroxyl groups is 1. The number of halogens is 1. The minimum absolute atomic E-state index is 0.299. The maximum atomic E-state index is 10.1. The molecule has 0 bridgehead atoms. The lowest BCUT2D eigenvalue weighted by Crippen LogP contribution is -2.38. The van der Waals surface area contributed by atoms with Gasteiger partial charge in [0.15, 0.2) is 0 Å². The molecule has 0 saturated heterocycles. The van der Waals surface area contributed by atoms with Crippen molar-refractivity contribution in [2.75, 3.05) is 5.75 Å². The molecule has 20 heavy (non-hydrogen) atoms. The first kappa shape index (κ1) is 15.3. The first-order valence-electron chi connectivity index (χ1n) is 6.37. The summed E-state index contributed by atoms with van der Waals surface area (Å²) < 4.78 is 0. The van der Waals surface area contributed by atoms with Crippen LogP contribution in [0.4, 0.5) is 0 Å². The first-order valence-corrected chi connectivity index (χ1v) is 7.74. The molecule has 0 fully saturated rings. The monoisotopic (exact) mass is 308 g/mol. The van der Waals surface area contributed by atoms with E-state index in [4.69, 9.17) is 17.3 Å². The van der Waals surface area contributed by atoms with Gasteiger partial charge in [0, 0.05) is 18.0 Å². The molecule has 2 aromatic rings. The second-order valence-electron chi connectivity index (χ2n) is 4.52. The zero-order valence-electron chi connectivity index (χ0n) is 10.9. The third-order valence-corrected chi connectivity index (χ3v) is 4.45. The van der Waals surface area contributed by atoms with Crippen molar-refractivity contribution in [3.8, 4) is 0 Å². The van der Waals surface area contributed by atoms with Crippen molar-refractivity contribution in [3.05, 3.63) is 59.2 Å². The number of benzene rings is 1. The maximum Gasteiger partial charge on any atom is 0.115 e. The van der Waals surface area contributed by atoms with Crippen molar-refractivity contribution < 1.29 is 5.11 Å². The summed E-state index contributed by atoms with van der Waals surface area (Å²) >= 11 is 7.44. The van der Waals surface area contributed by atoms with Crippen LogP contribution in [-0.2, 0) is 6.42 Å². The third kappa shape index (κ3) is 4.49. The Morgan fingerprint density at radius 2 is 1.95 bits per heavy atom. The normalized spacial score (nSPS) is 13.9. The molecule has 3 N–H and O–H groups in total. The molecular weight excluding hydrogens is 292 g/mol. The van der Waals surface area contributed by atoms with E-state index >= 15 is 0 Å². The average Bonchev–Trinajstić information content (AvgIpc) is 2.47. The van der Waals surface area contributed by atoms with Crippen LogP contribution in [0.2, 0.25) is 5.02 Å². The Morgan fingerprint density at radius 3 is 2.65 bits per heavy atom. The van der Waals surface area contributed by atoms with Crippen LogP contribution >= 0.6 is 23.4 Å². The zero-order chi connectivity index (χ0) is 14.4. The quantitative estimate of drug-likeness (QED) is 0.806. The van der Waals surface area contributed by atoms with Crippen molar-refractivity contribution >= 4 is 23.4 Å². The number of aromatic nitrogens is 1. The van der Waals surface area contributed by atoms with Crippen LogP contribution in [0.5, 0.6) is 0 Å². The van der Waals surface area contributed by atoms with Crippen LogP contribution in [0.3, 0.4) is 0 Å². The van der Waals surface area contributed by atoms with Crippen LogP contribution in [0.25, 0.3) is 0 Å². The molecule has 2 atom stereocenters. The van der Waals surface area contributed by atoms with Gasteiger partial charge in [-0.15, -0.1) is 11.8 Å². The number of rotatable bonds is 6. The molecule has 0 aliphatic heterocycles. The SMILES string of the molecule is NC(Cc1ccccc1)C(O)CSc1ncccc1Cl. The van der Waals surface area contributed by atoms with E-state index in [0.29, 0.717) is 17.2 Å². The fourth-order valence-corrected chi connectivity index (χ4v) is 2.99. The van der Waals surface area contributed by atoms with Crippen LogP contribution in [-0.4, -0.2) is 28.0 Å². The van der Waals surface area contributed by atoms with Gasteiger partial charge in [0.2, 0.25) is 0 Å². The van der Waals surface area contributed by atoms with Gasteiger partial charge < -0.3 is 10.8 Å². The molecule has 0 saturated carbocycles. The molecule has 2 rings (SSSR count). The van der Waals surface area contributed by atoms with Crippen LogP contribution in [0.1, 0.15) is 5.56 Å². The van der Waals surface area contributed by atoms with Crippen molar-refractivity contribution in [3.63, 3.8) is 0 Å². The van der Waals surface area contributed by atoms with Crippen LogP contribution in [0.15, 0.2) is 53.7 Å². The number of aliphatic hydroxyl groups excluding tert-OH is 1. The first-order chi connectivity index (χ1) is 9.66. The second-order valence-corrected chi connectivity index (χ2v) is 5.94. The number of hydrogen-bond acceptors (Lipinski definition) is 4. The van der Waals surface area contributed by atoms with Crippen molar-refractivity contribution in [1.29, 1.82) is 0 Å². The minimum atomic E-state index is -0.599. The molecule has 1 heterocycles. The highest BCUT2D eigenvalue weighted by atomic mass is 35.5. The summed E-state index contributed by atoms with van der Waals surface area (Å²) in [5.41, 5.74) is 7.16. The van der Waals surface area contributed by atoms with Gasteiger partial charge in [-0.1, -0.05) is 41.9 Å². The third-order valence-electron chi connectivity index (χ3n) is 2.92. The molecular formula is C15H17ClN2OS. The van der Waals surface area contributed by atoms with E-state index in [2.05, 4.69) is 4.98 Å². The Hall–Kier alpha value is -1.07. The molecule has 0 radical (unpaired) electrons. The summed E-state index contributed by atoms with van der Waals surface area (Å²) in [6.45, 7) is 0. The number of thioether (sulfide) groups is 1. The summed E-state index contributed by atoms with van der Waals surface area (Å²) in [5.74, 6) is 0.477. The Balaban J connectivity index is 1.85. The Bertz CT molecular complexity index is 538. The van der Waals surface area contributed by atoms with Crippen LogP contribution in [0, 0.1) is 0 Å². The highest BCUT2D eigenvalue weighted by Gasteiger charge is 2.16. The van der Waals surface area contributed by atoms with E-state index in [9.17, 15) is 5.11 Å². The summed E-state index contributed by atoms with van der Waals surface area (Å²) in [4.78, 5) is 4.17. The molecule has 1 aromatic heterocycles. The largest absolute Gasteiger partial charge is 0.391 e. The van der Waals surface area contributed by atoms with Crippen molar-refractivity contribution in [2.45, 2.75) is 23.6 Å². The van der Waals surface area contributed by atoms with E-state index in [-0.39, 0.29) is 6.04 Å². The molecule has 3 nitrogen and oxygen atoms in total. The molecule has 5 heteroatoms. The van der Waals surface area contributed by atoms with E-state index < -0.39 is 6.10 Å². The Labute approximate surface area is 128 Å². The summed E-state index contributed by atoms with van der Waals surface area (Å²) in [7, 11) is 0. The van der Waals surface area contributed by atoms with Crippen LogP contribution < -0.4 is 5.73 Å². The predicted molar refractivity (Wildman–Crippen MR) is 84.1 cm³/mol. The Kier molecular flexibility index (Phi) is 5.86. The van der Waals surface area contributed by atoms with E-state index in [0.717, 1.165) is 10.6 Å². The van der Waals surface area contributed by atoms with Gasteiger partial charge in [-0.05, 0) is 24.1 Å². The maximum absolute atomic E-state index is 10.1. The lowest BCUT2D eigenvalue weighted by molar-refractivity contribution is 0.167. The zero-order valence-corrected chi connectivity index (χ0v) is 12.5. The van der Waals surface area contributed by atoms with Gasteiger partial charge in [-0.3, -0.25) is 0 Å². The molecule has 0 aliphatic rings. The standard InChI is InChI=1S/C15H17ClN2OS/c16-12-7-4-8-18-15(12)20-10-14(19)13(17)9-11-5-2-1-3-6-11/h1-8,13-14,19H,9-10,17H2.